The van der Waals surface area contributed by atoms with Crippen LogP contribution in [-0.4, -0.2) is 21.1 Å². The van der Waals surface area contributed by atoms with Crippen LogP contribution in [0.4, 0.5) is 0 Å². The highest BCUT2D eigenvalue weighted by atomic mass is 31.2. The summed E-state index contributed by atoms with van der Waals surface area (Å²) in [5, 5.41) is 17.2. The van der Waals surface area contributed by atoms with Gasteiger partial charge in [-0.15, -0.1) is 0 Å². The fraction of sp³-hybridized carbons (Fsp3) is 0.400. The third-order valence-corrected chi connectivity index (χ3v) is 3.05. The summed E-state index contributed by atoms with van der Waals surface area (Å²) in [7, 11) is -4.41. The van der Waals surface area contributed by atoms with Crippen molar-refractivity contribution in [1.82, 2.24) is 0 Å². The Bertz CT molecular complexity index is 373. The van der Waals surface area contributed by atoms with Crippen LogP contribution in [0.1, 0.15) is 18.9 Å². The molecule has 0 aliphatic carbocycles. The molecule has 0 aliphatic heterocycles. The van der Waals surface area contributed by atoms with Crippen molar-refractivity contribution in [2.24, 2.45) is 0 Å². The van der Waals surface area contributed by atoms with E-state index in [1.54, 1.807) is 12.1 Å². The summed E-state index contributed by atoms with van der Waals surface area (Å²) in [6.07, 6.45) is 1.92. The Morgan fingerprint density at radius 2 is 1.88 bits per heavy atom. The molecule has 0 saturated carbocycles. The number of hydrogen-bond donors (Lipinski definition) is 3. The van der Waals surface area contributed by atoms with Crippen LogP contribution in [0, 0.1) is 0 Å². The van der Waals surface area contributed by atoms with Crippen LogP contribution in [0.5, 0.6) is 5.75 Å². The molecular weight excluding hydrogens is 231 g/mol. The minimum atomic E-state index is -4.41. The molecule has 1 aromatic rings. The van der Waals surface area contributed by atoms with Crippen LogP contribution < -0.4 is 4.52 Å². The van der Waals surface area contributed by atoms with Crippen molar-refractivity contribution in [3.05, 3.63) is 29.8 Å². The molecule has 16 heavy (non-hydrogen) atoms. The Hall–Kier alpha value is -0.870. The van der Waals surface area contributed by atoms with Crippen LogP contribution in [-0.2, 0) is 11.0 Å². The number of aliphatic hydroxyl groups is 2. The summed E-state index contributed by atoms with van der Waals surface area (Å²) < 4.78 is 15.7. The maximum Gasteiger partial charge on any atom is 0.432 e. The lowest BCUT2D eigenvalue weighted by Crippen LogP contribution is -2.09. The minimum Gasteiger partial charge on any atom is -0.421 e. The summed E-state index contributed by atoms with van der Waals surface area (Å²) >= 11 is 0. The van der Waals surface area contributed by atoms with Gasteiger partial charge in [0.2, 0.25) is 0 Å². The third-order valence-electron chi connectivity index (χ3n) is 1.99. The van der Waals surface area contributed by atoms with E-state index in [-0.39, 0.29) is 5.75 Å². The van der Waals surface area contributed by atoms with Crippen molar-refractivity contribution in [3.8, 4) is 5.75 Å². The zero-order chi connectivity index (χ0) is 12.2. The van der Waals surface area contributed by atoms with E-state index < -0.39 is 13.6 Å². The number of rotatable bonds is 5. The topological polar surface area (TPSA) is 87.0 Å². The van der Waals surface area contributed by atoms with E-state index in [1.807, 2.05) is 0 Å². The smallest absolute Gasteiger partial charge is 0.421 e. The van der Waals surface area contributed by atoms with E-state index >= 15 is 0 Å². The van der Waals surface area contributed by atoms with E-state index in [1.165, 1.54) is 12.1 Å². The van der Waals surface area contributed by atoms with Crippen LogP contribution in [0.15, 0.2) is 24.3 Å². The molecule has 1 aromatic carbocycles. The zero-order valence-electron chi connectivity index (χ0n) is 8.91. The number of benzene rings is 1. The fourth-order valence-corrected chi connectivity index (χ4v) is 1.72. The average Bonchev–Trinajstić information content (AvgIpc) is 2.21. The quantitative estimate of drug-likeness (QED) is 0.541. The second-order valence-electron chi connectivity index (χ2n) is 3.40. The van der Waals surface area contributed by atoms with E-state index in [2.05, 4.69) is 11.4 Å². The molecule has 5 nitrogen and oxygen atoms in total. The van der Waals surface area contributed by atoms with E-state index in [0.29, 0.717) is 0 Å². The molecule has 90 valence electrons. The predicted molar refractivity (Wildman–Crippen MR) is 59.1 cm³/mol. The number of aliphatic hydroxyl groups excluding tert-OH is 1. The van der Waals surface area contributed by atoms with Crippen LogP contribution in [0.3, 0.4) is 0 Å². The van der Waals surface area contributed by atoms with Crippen molar-refractivity contribution < 1.29 is 24.2 Å². The van der Waals surface area contributed by atoms with Crippen LogP contribution in [0.25, 0.3) is 0 Å². The summed E-state index contributed by atoms with van der Waals surface area (Å²) in [5.74, 6) is 0.138. The van der Waals surface area contributed by atoms with Gasteiger partial charge in [0.05, 0.1) is 0 Å². The highest BCUT2D eigenvalue weighted by Crippen LogP contribution is 2.45. The maximum atomic E-state index is 11.1. The first-order valence-electron chi connectivity index (χ1n) is 4.93. The standard InChI is InChI=1S/C10H15O5P/c1-2-3-8-4-6-9(7-5-8)15-16(13,14)10(11)12/h4-7,10-12H,2-3H2,1H3,(H,13,14). The lowest BCUT2D eigenvalue weighted by atomic mass is 10.1. The Labute approximate surface area is 93.9 Å². The second kappa shape index (κ2) is 5.46. The Morgan fingerprint density at radius 1 is 1.31 bits per heavy atom. The highest BCUT2D eigenvalue weighted by Gasteiger charge is 2.30. The van der Waals surface area contributed by atoms with Crippen LogP contribution in [0.2, 0.25) is 0 Å². The molecule has 0 aliphatic rings. The van der Waals surface area contributed by atoms with Gasteiger partial charge in [0.15, 0.2) is 0 Å². The molecule has 0 saturated heterocycles. The number of hydrogen-bond acceptors (Lipinski definition) is 4. The predicted octanol–water partition coefficient (Wildman–Crippen LogP) is 1.47. The van der Waals surface area contributed by atoms with Gasteiger partial charge in [-0.2, -0.15) is 0 Å². The van der Waals surface area contributed by atoms with Gasteiger partial charge in [-0.25, -0.2) is 4.57 Å². The maximum absolute atomic E-state index is 11.1. The van der Waals surface area contributed by atoms with Gasteiger partial charge in [-0.05, 0) is 24.1 Å². The Morgan fingerprint density at radius 3 is 2.31 bits per heavy atom. The molecule has 0 fully saturated rings. The molecule has 0 spiro atoms. The van der Waals surface area contributed by atoms with Gasteiger partial charge < -0.3 is 19.6 Å². The first-order chi connectivity index (χ1) is 7.45. The molecule has 6 heteroatoms. The summed E-state index contributed by atoms with van der Waals surface area (Å²) in [4.78, 5) is 9.05. The summed E-state index contributed by atoms with van der Waals surface area (Å²) in [5.41, 5.74) is 1.09. The average molecular weight is 246 g/mol. The van der Waals surface area contributed by atoms with Gasteiger partial charge in [0, 0.05) is 0 Å². The largest absolute Gasteiger partial charge is 0.432 e. The van der Waals surface area contributed by atoms with Crippen molar-refractivity contribution in [1.29, 1.82) is 0 Å². The Balaban J connectivity index is 2.72. The van der Waals surface area contributed by atoms with Gasteiger partial charge in [0.1, 0.15) is 5.75 Å². The lowest BCUT2D eigenvalue weighted by Gasteiger charge is -2.14. The molecule has 1 atom stereocenters. The van der Waals surface area contributed by atoms with E-state index in [4.69, 9.17) is 15.1 Å². The first kappa shape index (κ1) is 13.2. The first-order valence-corrected chi connectivity index (χ1v) is 6.57. The summed E-state index contributed by atoms with van der Waals surface area (Å²) in [6.45, 7) is 2.05. The molecule has 0 radical (unpaired) electrons. The molecule has 1 rings (SSSR count). The molecule has 0 heterocycles. The number of aryl methyl sites for hydroxylation is 1. The van der Waals surface area contributed by atoms with Crippen molar-refractivity contribution in [3.63, 3.8) is 0 Å². The van der Waals surface area contributed by atoms with Gasteiger partial charge in [-0.1, -0.05) is 25.5 Å². The normalized spacial score (nSPS) is 14.8. The van der Waals surface area contributed by atoms with Gasteiger partial charge in [0.25, 0.3) is 6.03 Å². The Kier molecular flexibility index (Phi) is 4.50. The van der Waals surface area contributed by atoms with Crippen molar-refractivity contribution in [2.75, 3.05) is 0 Å². The molecule has 1 unspecified atom stereocenters. The minimum absolute atomic E-state index is 0.138. The zero-order valence-corrected chi connectivity index (χ0v) is 9.80. The van der Waals surface area contributed by atoms with Crippen molar-refractivity contribution in [2.45, 2.75) is 25.8 Å². The summed E-state index contributed by atoms with van der Waals surface area (Å²) in [6, 6.07) is 4.19. The van der Waals surface area contributed by atoms with Crippen LogP contribution >= 0.6 is 7.60 Å². The van der Waals surface area contributed by atoms with Gasteiger partial charge >= 0.3 is 7.60 Å². The second-order valence-corrected chi connectivity index (χ2v) is 5.17. The molecule has 0 bridgehead atoms. The van der Waals surface area contributed by atoms with Gasteiger partial charge in [-0.3, -0.25) is 0 Å². The third kappa shape index (κ3) is 3.61. The fourth-order valence-electron chi connectivity index (χ4n) is 1.20. The van der Waals surface area contributed by atoms with E-state index in [0.717, 1.165) is 18.4 Å². The highest BCUT2D eigenvalue weighted by molar-refractivity contribution is 7.53. The molecule has 3 N–H and O–H groups in total. The molecule has 0 aromatic heterocycles. The van der Waals surface area contributed by atoms with E-state index in [9.17, 15) is 4.57 Å². The van der Waals surface area contributed by atoms with Crippen molar-refractivity contribution >= 4 is 7.60 Å². The lowest BCUT2D eigenvalue weighted by molar-refractivity contribution is 0.0107. The molecular formula is C10H15O5P. The SMILES string of the molecule is CCCc1ccc(OP(=O)(O)C(O)O)cc1. The molecule has 0 amide bonds. The monoisotopic (exact) mass is 246 g/mol.